The highest BCUT2D eigenvalue weighted by atomic mass is 16.4. The number of aromatic nitrogens is 4. The minimum atomic E-state index is -1.07. The molecule has 2 N–H and O–H groups in total. The second-order valence-corrected chi connectivity index (χ2v) is 3.32. The Morgan fingerprint density at radius 1 is 1.56 bits per heavy atom. The summed E-state index contributed by atoms with van der Waals surface area (Å²) in [4.78, 5) is 23.7. The average molecular weight is 227 g/mol. The lowest BCUT2D eigenvalue weighted by atomic mass is 10.2. The maximum atomic E-state index is 11.8. The molecular weight excluding hydrogens is 214 g/mol. The first kappa shape index (κ1) is 12.1. The van der Waals surface area contributed by atoms with Gasteiger partial charge in [0.25, 0.3) is 11.7 Å². The minimum Gasteiger partial charge on any atom is -0.480 e. The van der Waals surface area contributed by atoms with Gasteiger partial charge in [-0.1, -0.05) is 6.92 Å². The monoisotopic (exact) mass is 227 g/mol. The summed E-state index contributed by atoms with van der Waals surface area (Å²) in [6.07, 6.45) is 0.650. The van der Waals surface area contributed by atoms with Gasteiger partial charge >= 0.3 is 5.97 Å². The van der Waals surface area contributed by atoms with E-state index in [4.69, 9.17) is 5.11 Å². The zero-order valence-corrected chi connectivity index (χ0v) is 9.04. The third-order valence-electron chi connectivity index (χ3n) is 2.23. The van der Waals surface area contributed by atoms with Crippen molar-refractivity contribution in [2.45, 2.75) is 26.3 Å². The molecule has 0 radical (unpaired) electrons. The van der Waals surface area contributed by atoms with Gasteiger partial charge in [-0.2, -0.15) is 5.21 Å². The summed E-state index contributed by atoms with van der Waals surface area (Å²) < 4.78 is 0. The van der Waals surface area contributed by atoms with E-state index in [1.807, 2.05) is 6.92 Å². The van der Waals surface area contributed by atoms with E-state index >= 15 is 0 Å². The summed E-state index contributed by atoms with van der Waals surface area (Å²) in [7, 11) is 0. The van der Waals surface area contributed by atoms with Crippen molar-refractivity contribution in [2.24, 2.45) is 0 Å². The highest BCUT2D eigenvalue weighted by Gasteiger charge is 2.25. The molecule has 0 saturated heterocycles. The largest absolute Gasteiger partial charge is 0.480 e. The molecule has 1 heterocycles. The fourth-order valence-electron chi connectivity index (χ4n) is 1.17. The summed E-state index contributed by atoms with van der Waals surface area (Å²) in [6.45, 7) is 3.26. The molecule has 1 aromatic rings. The molecule has 1 atom stereocenters. The number of aromatic amines is 1. The minimum absolute atomic E-state index is 0.124. The number of rotatable bonds is 5. The summed E-state index contributed by atoms with van der Waals surface area (Å²) in [5.41, 5.74) is 0. The van der Waals surface area contributed by atoms with Crippen LogP contribution in [0.1, 0.15) is 30.9 Å². The van der Waals surface area contributed by atoms with E-state index in [9.17, 15) is 9.59 Å². The molecule has 88 valence electrons. The Balaban J connectivity index is 2.84. The molecule has 1 amide bonds. The molecule has 8 heteroatoms. The number of carboxylic acid groups (broad SMARTS) is 1. The van der Waals surface area contributed by atoms with Gasteiger partial charge in [0.15, 0.2) is 0 Å². The van der Waals surface area contributed by atoms with E-state index in [2.05, 4.69) is 20.6 Å². The van der Waals surface area contributed by atoms with Crippen molar-refractivity contribution in [3.63, 3.8) is 0 Å². The normalized spacial score (nSPS) is 12.1. The molecule has 1 rings (SSSR count). The molecule has 0 aromatic carbocycles. The number of H-pyrrole nitrogens is 1. The van der Waals surface area contributed by atoms with Gasteiger partial charge in [-0.25, -0.2) is 0 Å². The van der Waals surface area contributed by atoms with E-state index < -0.39 is 11.9 Å². The Kier molecular flexibility index (Phi) is 3.92. The number of carbonyl (C=O) groups is 2. The van der Waals surface area contributed by atoms with Gasteiger partial charge < -0.3 is 10.0 Å². The van der Waals surface area contributed by atoms with Crippen LogP contribution < -0.4 is 0 Å². The number of aliphatic carboxylic acids is 1. The average Bonchev–Trinajstić information content (AvgIpc) is 2.77. The Bertz CT molecular complexity index is 364. The van der Waals surface area contributed by atoms with Crippen molar-refractivity contribution in [2.75, 3.05) is 6.54 Å². The number of carbonyl (C=O) groups excluding carboxylic acids is 1. The standard InChI is InChI=1S/C8H13N5O3/c1-3-5(2)13(4-6(14)15)8(16)7-9-11-12-10-7/h5H,3-4H2,1-2H3,(H,14,15)(H,9,10,11,12). The molecular formula is C8H13N5O3. The summed E-state index contributed by atoms with van der Waals surface area (Å²) >= 11 is 0. The third kappa shape index (κ3) is 2.75. The van der Waals surface area contributed by atoms with Crippen LogP contribution in [0.15, 0.2) is 0 Å². The van der Waals surface area contributed by atoms with Crippen LogP contribution in [0, 0.1) is 0 Å². The smallest absolute Gasteiger partial charge is 0.323 e. The van der Waals surface area contributed by atoms with E-state index in [0.29, 0.717) is 6.42 Å². The highest BCUT2D eigenvalue weighted by molar-refractivity contribution is 5.92. The van der Waals surface area contributed by atoms with Gasteiger partial charge in [0, 0.05) is 6.04 Å². The molecule has 0 aliphatic rings. The zero-order chi connectivity index (χ0) is 12.1. The lowest BCUT2D eigenvalue weighted by Crippen LogP contribution is -2.42. The first-order valence-corrected chi connectivity index (χ1v) is 4.82. The maximum Gasteiger partial charge on any atom is 0.323 e. The second-order valence-electron chi connectivity index (χ2n) is 3.32. The van der Waals surface area contributed by atoms with Gasteiger partial charge in [-0.05, 0) is 18.6 Å². The molecule has 0 aliphatic carbocycles. The Morgan fingerprint density at radius 2 is 2.25 bits per heavy atom. The molecule has 1 aromatic heterocycles. The number of hydrogen-bond donors (Lipinski definition) is 2. The SMILES string of the molecule is CCC(C)N(CC(=O)O)C(=O)c1nn[nH]n1. The van der Waals surface area contributed by atoms with Crippen LogP contribution in [-0.2, 0) is 4.79 Å². The van der Waals surface area contributed by atoms with Crippen LogP contribution in [0.5, 0.6) is 0 Å². The van der Waals surface area contributed by atoms with Crippen LogP contribution in [0.4, 0.5) is 0 Å². The van der Waals surface area contributed by atoms with Crippen LogP contribution in [-0.4, -0.2) is 55.1 Å². The number of hydrogen-bond acceptors (Lipinski definition) is 5. The van der Waals surface area contributed by atoms with Crippen LogP contribution in [0.25, 0.3) is 0 Å². The predicted octanol–water partition coefficient (Wildman–Crippen LogP) is -0.475. The van der Waals surface area contributed by atoms with Crippen molar-refractivity contribution in [3.8, 4) is 0 Å². The first-order valence-electron chi connectivity index (χ1n) is 4.82. The second kappa shape index (κ2) is 5.19. The number of nitrogens with zero attached hydrogens (tertiary/aromatic N) is 4. The molecule has 16 heavy (non-hydrogen) atoms. The van der Waals surface area contributed by atoms with Gasteiger partial charge in [0.2, 0.25) is 0 Å². The summed E-state index contributed by atoms with van der Waals surface area (Å²) in [5, 5.41) is 21.2. The van der Waals surface area contributed by atoms with E-state index in [1.54, 1.807) is 6.92 Å². The predicted molar refractivity (Wildman–Crippen MR) is 52.6 cm³/mol. The van der Waals surface area contributed by atoms with Crippen molar-refractivity contribution in [3.05, 3.63) is 5.82 Å². The maximum absolute atomic E-state index is 11.8. The molecule has 0 bridgehead atoms. The van der Waals surface area contributed by atoms with E-state index in [-0.39, 0.29) is 18.4 Å². The summed E-state index contributed by atoms with van der Waals surface area (Å²) in [5.74, 6) is -1.73. The van der Waals surface area contributed by atoms with Crippen molar-refractivity contribution >= 4 is 11.9 Å². The fourth-order valence-corrected chi connectivity index (χ4v) is 1.17. The number of amides is 1. The Labute approximate surface area is 91.6 Å². The molecule has 8 nitrogen and oxygen atoms in total. The van der Waals surface area contributed by atoms with Crippen molar-refractivity contribution in [1.29, 1.82) is 0 Å². The Morgan fingerprint density at radius 3 is 2.69 bits per heavy atom. The zero-order valence-electron chi connectivity index (χ0n) is 9.04. The lowest BCUT2D eigenvalue weighted by Gasteiger charge is -2.25. The number of carboxylic acids is 1. The molecule has 1 unspecified atom stereocenters. The van der Waals surface area contributed by atoms with Gasteiger partial charge in [-0.15, -0.1) is 10.2 Å². The summed E-state index contributed by atoms with van der Waals surface area (Å²) in [6, 6.07) is -0.193. The number of nitrogens with one attached hydrogen (secondary N) is 1. The molecule has 0 spiro atoms. The molecule has 0 fully saturated rings. The number of tetrazole rings is 1. The topological polar surface area (TPSA) is 112 Å². The van der Waals surface area contributed by atoms with E-state index in [0.717, 1.165) is 0 Å². The van der Waals surface area contributed by atoms with Crippen molar-refractivity contribution < 1.29 is 14.7 Å². The third-order valence-corrected chi connectivity index (χ3v) is 2.23. The quantitative estimate of drug-likeness (QED) is 0.702. The molecule has 0 aliphatic heterocycles. The lowest BCUT2D eigenvalue weighted by molar-refractivity contribution is -0.138. The Hall–Kier alpha value is -1.99. The van der Waals surface area contributed by atoms with Crippen LogP contribution in [0.3, 0.4) is 0 Å². The molecule has 0 saturated carbocycles. The highest BCUT2D eigenvalue weighted by Crippen LogP contribution is 2.06. The fraction of sp³-hybridized carbons (Fsp3) is 0.625. The van der Waals surface area contributed by atoms with Crippen LogP contribution in [0.2, 0.25) is 0 Å². The van der Waals surface area contributed by atoms with E-state index in [1.165, 1.54) is 4.90 Å². The van der Waals surface area contributed by atoms with Crippen LogP contribution >= 0.6 is 0 Å². The van der Waals surface area contributed by atoms with Crippen molar-refractivity contribution in [1.82, 2.24) is 25.5 Å². The van der Waals surface area contributed by atoms with Gasteiger partial charge in [0.1, 0.15) is 6.54 Å². The first-order chi connectivity index (χ1) is 7.56. The van der Waals surface area contributed by atoms with Gasteiger partial charge in [-0.3, -0.25) is 9.59 Å². The van der Waals surface area contributed by atoms with Gasteiger partial charge in [0.05, 0.1) is 0 Å².